The van der Waals surface area contributed by atoms with E-state index in [0.29, 0.717) is 12.0 Å². The Morgan fingerprint density at radius 1 is 1.62 bits per heavy atom. The third-order valence-corrected chi connectivity index (χ3v) is 2.00. The summed E-state index contributed by atoms with van der Waals surface area (Å²) >= 11 is 0. The Morgan fingerprint density at radius 3 is 2.81 bits per heavy atom. The molecule has 1 N–H and O–H groups in total. The number of aliphatic hydroxyl groups excluding tert-OH is 1. The summed E-state index contributed by atoms with van der Waals surface area (Å²) in [5.41, 5.74) is 0.247. The Labute approximate surface area is 92.2 Å². The lowest BCUT2D eigenvalue weighted by atomic mass is 10.2. The van der Waals surface area contributed by atoms with E-state index < -0.39 is 5.97 Å². The molecule has 6 nitrogen and oxygen atoms in total. The molecule has 6 heteroatoms. The molecule has 0 aromatic carbocycles. The highest BCUT2D eigenvalue weighted by Gasteiger charge is 2.16. The Morgan fingerprint density at radius 2 is 2.38 bits per heavy atom. The van der Waals surface area contributed by atoms with Crippen molar-refractivity contribution in [2.24, 2.45) is 0 Å². The van der Waals surface area contributed by atoms with E-state index in [1.165, 1.54) is 24.2 Å². The fourth-order valence-corrected chi connectivity index (χ4v) is 1.27. The lowest BCUT2D eigenvalue weighted by Crippen LogP contribution is -2.12. The van der Waals surface area contributed by atoms with Gasteiger partial charge in [0.05, 0.1) is 13.4 Å². The van der Waals surface area contributed by atoms with E-state index in [1.54, 1.807) is 6.20 Å². The van der Waals surface area contributed by atoms with Gasteiger partial charge in [0.2, 0.25) is 0 Å². The van der Waals surface area contributed by atoms with Crippen LogP contribution < -0.4 is 0 Å². The molecule has 1 rings (SSSR count). The lowest BCUT2D eigenvalue weighted by Gasteiger charge is -2.09. The number of carbonyl (C=O) groups excluding carboxylic acids is 2. The van der Waals surface area contributed by atoms with Crippen LogP contribution in [0.25, 0.3) is 5.70 Å². The van der Waals surface area contributed by atoms with Crippen LogP contribution in [-0.2, 0) is 14.3 Å². The maximum Gasteiger partial charge on any atom is 0.343 e. The molecule has 0 atom stereocenters. The molecule has 0 saturated carbocycles. The van der Waals surface area contributed by atoms with Crippen molar-refractivity contribution in [1.29, 1.82) is 0 Å². The molecule has 0 aliphatic carbocycles. The zero-order valence-corrected chi connectivity index (χ0v) is 8.79. The molecule has 0 spiro atoms. The summed E-state index contributed by atoms with van der Waals surface area (Å²) in [6, 6.07) is 0. The van der Waals surface area contributed by atoms with Gasteiger partial charge in [-0.1, -0.05) is 0 Å². The zero-order chi connectivity index (χ0) is 12.0. The van der Waals surface area contributed by atoms with Crippen LogP contribution in [0.15, 0.2) is 24.3 Å². The van der Waals surface area contributed by atoms with Gasteiger partial charge in [0.25, 0.3) is 0 Å². The minimum absolute atomic E-state index is 0.116. The Balaban J connectivity index is 3.20. The van der Waals surface area contributed by atoms with Gasteiger partial charge in [-0.15, -0.1) is 0 Å². The van der Waals surface area contributed by atoms with Crippen LogP contribution in [0.4, 0.5) is 0 Å². The number of methoxy groups -OCH3 is 1. The summed E-state index contributed by atoms with van der Waals surface area (Å²) in [4.78, 5) is 26.0. The predicted octanol–water partition coefficient (Wildman–Crippen LogP) is -0.152. The highest BCUT2D eigenvalue weighted by atomic mass is 16.5. The van der Waals surface area contributed by atoms with Crippen molar-refractivity contribution in [3.05, 3.63) is 24.3 Å². The average Bonchev–Trinajstić information content (AvgIpc) is 2.81. The lowest BCUT2D eigenvalue weighted by molar-refractivity contribution is -0.136. The second-order valence-electron chi connectivity index (χ2n) is 2.91. The smallest absolute Gasteiger partial charge is 0.343 e. The highest BCUT2D eigenvalue weighted by Crippen LogP contribution is 2.14. The molecule has 0 fully saturated rings. The fraction of sp³-hybridized carbons (Fsp3) is 0.300. The number of aldehydes is 1. The van der Waals surface area contributed by atoms with Crippen LogP contribution in [0.3, 0.4) is 0 Å². The Kier molecular flexibility index (Phi) is 4.41. The van der Waals surface area contributed by atoms with E-state index >= 15 is 0 Å². The van der Waals surface area contributed by atoms with Crippen LogP contribution in [0.1, 0.15) is 6.42 Å². The minimum atomic E-state index is -0.729. The van der Waals surface area contributed by atoms with Crippen molar-refractivity contribution in [3.63, 3.8) is 0 Å². The van der Waals surface area contributed by atoms with Crippen molar-refractivity contribution in [2.45, 2.75) is 6.42 Å². The number of hydrogen-bond acceptors (Lipinski definition) is 5. The van der Waals surface area contributed by atoms with Gasteiger partial charge in [0, 0.05) is 31.1 Å². The number of aromatic nitrogens is 2. The number of hydrogen-bond donors (Lipinski definition) is 1. The number of rotatable bonds is 5. The third-order valence-electron chi connectivity index (χ3n) is 2.00. The Hall–Kier alpha value is -1.95. The molecular formula is C10H12N2O4. The van der Waals surface area contributed by atoms with E-state index in [4.69, 9.17) is 5.11 Å². The molecule has 0 amide bonds. The van der Waals surface area contributed by atoms with Crippen molar-refractivity contribution in [2.75, 3.05) is 13.7 Å². The second kappa shape index (κ2) is 5.82. The molecular weight excluding hydrogens is 212 g/mol. The van der Waals surface area contributed by atoms with Crippen molar-refractivity contribution < 1.29 is 19.4 Å². The zero-order valence-electron chi connectivity index (χ0n) is 8.79. The van der Waals surface area contributed by atoms with E-state index in [0.717, 1.165) is 0 Å². The van der Waals surface area contributed by atoms with Gasteiger partial charge in [-0.2, -0.15) is 0 Å². The van der Waals surface area contributed by atoms with E-state index in [9.17, 15) is 9.59 Å². The second-order valence-corrected chi connectivity index (χ2v) is 2.91. The van der Waals surface area contributed by atoms with Crippen LogP contribution >= 0.6 is 0 Å². The molecule has 16 heavy (non-hydrogen) atoms. The fourth-order valence-electron chi connectivity index (χ4n) is 1.27. The quantitative estimate of drug-likeness (QED) is 0.247. The maximum atomic E-state index is 11.3. The Bertz CT molecular complexity index is 395. The van der Waals surface area contributed by atoms with Crippen molar-refractivity contribution in [1.82, 2.24) is 9.55 Å². The normalized spacial score (nSPS) is 11.9. The first-order valence-corrected chi connectivity index (χ1v) is 4.60. The summed E-state index contributed by atoms with van der Waals surface area (Å²) in [6.45, 7) is -0.179. The van der Waals surface area contributed by atoms with E-state index in [1.807, 2.05) is 0 Å². The number of nitrogens with zero attached hydrogens (tertiary/aromatic N) is 2. The van der Waals surface area contributed by atoms with Gasteiger partial charge in [0.1, 0.15) is 5.57 Å². The summed E-state index contributed by atoms with van der Waals surface area (Å²) in [5.74, 6) is -0.729. The van der Waals surface area contributed by atoms with Gasteiger partial charge >= 0.3 is 5.97 Å². The average molecular weight is 224 g/mol. The maximum absolute atomic E-state index is 11.3. The number of esters is 1. The van der Waals surface area contributed by atoms with Gasteiger partial charge < -0.3 is 14.4 Å². The van der Waals surface area contributed by atoms with Gasteiger partial charge in [-0.3, -0.25) is 4.79 Å². The van der Waals surface area contributed by atoms with Crippen LogP contribution in [0.2, 0.25) is 0 Å². The molecule has 0 saturated heterocycles. The standard InChI is InChI=1S/C10H12N2O4/c1-16-10(15)8(6-14)9(2-5-13)12-4-3-11-7-12/h3-4,6-7,13H,2,5H2,1H3. The predicted molar refractivity (Wildman–Crippen MR) is 55.2 cm³/mol. The monoisotopic (exact) mass is 224 g/mol. The first-order chi connectivity index (χ1) is 7.74. The van der Waals surface area contributed by atoms with Crippen LogP contribution in [0, 0.1) is 0 Å². The van der Waals surface area contributed by atoms with Gasteiger partial charge in [-0.05, 0) is 0 Å². The summed E-state index contributed by atoms with van der Waals surface area (Å²) < 4.78 is 5.98. The number of carbonyl (C=O) groups is 2. The van der Waals surface area contributed by atoms with E-state index in [-0.39, 0.29) is 18.6 Å². The molecule has 0 unspecified atom stereocenters. The molecule has 1 aromatic rings. The molecule has 0 aliphatic heterocycles. The topological polar surface area (TPSA) is 81.4 Å². The number of aliphatic hydroxyl groups is 1. The van der Waals surface area contributed by atoms with Crippen molar-refractivity contribution in [3.8, 4) is 0 Å². The minimum Gasteiger partial charge on any atom is -0.465 e. The largest absolute Gasteiger partial charge is 0.465 e. The first-order valence-electron chi connectivity index (χ1n) is 4.60. The summed E-state index contributed by atoms with van der Waals surface area (Å²) in [6.07, 6.45) is 5.11. The SMILES string of the molecule is COC(=O)C(C=O)=C(CCO)n1ccnc1. The molecule has 1 heterocycles. The van der Waals surface area contributed by atoms with Crippen LogP contribution in [-0.4, -0.2) is 40.6 Å². The molecule has 1 aromatic heterocycles. The summed E-state index contributed by atoms with van der Waals surface area (Å²) in [7, 11) is 1.19. The van der Waals surface area contributed by atoms with Crippen molar-refractivity contribution >= 4 is 18.0 Å². The molecule has 0 aliphatic rings. The first kappa shape index (κ1) is 12.1. The van der Waals surface area contributed by atoms with Gasteiger partial charge in [0.15, 0.2) is 6.29 Å². The van der Waals surface area contributed by atoms with Gasteiger partial charge in [-0.25, -0.2) is 9.78 Å². The third kappa shape index (κ3) is 2.54. The molecule has 86 valence electrons. The molecule has 0 bridgehead atoms. The summed E-state index contributed by atoms with van der Waals surface area (Å²) in [5, 5.41) is 8.90. The van der Waals surface area contributed by atoms with E-state index in [2.05, 4.69) is 9.72 Å². The number of ether oxygens (including phenoxy) is 1. The number of imidazole rings is 1. The molecule has 0 radical (unpaired) electrons. The highest BCUT2D eigenvalue weighted by molar-refractivity contribution is 6.12. The van der Waals surface area contributed by atoms with Crippen LogP contribution in [0.5, 0.6) is 0 Å².